The molecule has 1 saturated heterocycles. The van der Waals surface area contributed by atoms with Gasteiger partial charge in [-0.3, -0.25) is 9.69 Å². The number of nitrogens with zero attached hydrogens (tertiary/aromatic N) is 3. The van der Waals surface area contributed by atoms with Crippen molar-refractivity contribution in [1.29, 1.82) is 0 Å². The minimum atomic E-state index is -0.105. The van der Waals surface area contributed by atoms with Crippen molar-refractivity contribution in [3.63, 3.8) is 0 Å². The number of rotatable bonds is 7. The molecule has 0 N–H and O–H groups in total. The molecule has 0 spiro atoms. The number of carbonyl (C=O) groups is 1. The second kappa shape index (κ2) is 9.87. The normalized spacial score (nSPS) is 14.4. The van der Waals surface area contributed by atoms with Crippen LogP contribution in [-0.4, -0.2) is 54.2 Å². The summed E-state index contributed by atoms with van der Waals surface area (Å²) in [7, 11) is 1.68. The van der Waals surface area contributed by atoms with Crippen molar-refractivity contribution < 1.29 is 18.8 Å². The third-order valence-corrected chi connectivity index (χ3v) is 5.85. The van der Waals surface area contributed by atoms with Crippen LogP contribution in [0.3, 0.4) is 0 Å². The van der Waals surface area contributed by atoms with Crippen LogP contribution in [0.15, 0.2) is 53.1 Å². The molecule has 0 aliphatic carbocycles. The summed E-state index contributed by atoms with van der Waals surface area (Å²) in [6.45, 7) is 7.78. The topological polar surface area (TPSA) is 68.0 Å². The molecule has 168 valence electrons. The van der Waals surface area contributed by atoms with E-state index in [1.165, 1.54) is 5.56 Å². The van der Waals surface area contributed by atoms with Crippen molar-refractivity contribution in [3.8, 4) is 11.5 Å². The molecule has 4 rings (SSSR count). The van der Waals surface area contributed by atoms with Crippen LogP contribution >= 0.6 is 0 Å². The first-order chi connectivity index (χ1) is 15.5. The quantitative estimate of drug-likeness (QED) is 0.562. The van der Waals surface area contributed by atoms with E-state index in [4.69, 9.17) is 14.0 Å². The highest BCUT2D eigenvalue weighted by Crippen LogP contribution is 2.22. The van der Waals surface area contributed by atoms with Gasteiger partial charge in [0.15, 0.2) is 5.69 Å². The Kier molecular flexibility index (Phi) is 6.75. The Bertz CT molecular complexity index is 1070. The van der Waals surface area contributed by atoms with E-state index >= 15 is 0 Å². The molecule has 1 aliphatic rings. The molecule has 3 aromatic rings. The summed E-state index contributed by atoms with van der Waals surface area (Å²) in [6, 6.07) is 15.9. The van der Waals surface area contributed by atoms with Crippen LogP contribution in [0.25, 0.3) is 0 Å². The highest BCUT2D eigenvalue weighted by Gasteiger charge is 2.28. The third-order valence-electron chi connectivity index (χ3n) is 5.85. The zero-order chi connectivity index (χ0) is 22.5. The molecule has 0 atom stereocenters. The lowest BCUT2D eigenvalue weighted by molar-refractivity contribution is 0.0616. The van der Waals surface area contributed by atoms with Crippen molar-refractivity contribution >= 4 is 5.91 Å². The lowest BCUT2D eigenvalue weighted by Gasteiger charge is -2.34. The largest absolute Gasteiger partial charge is 0.497 e. The molecule has 2 heterocycles. The fraction of sp³-hybridized carbons (Fsp3) is 0.360. The predicted molar refractivity (Wildman–Crippen MR) is 121 cm³/mol. The number of hydrogen-bond acceptors (Lipinski definition) is 6. The van der Waals surface area contributed by atoms with Gasteiger partial charge in [0.25, 0.3) is 5.91 Å². The maximum atomic E-state index is 13.2. The molecule has 32 heavy (non-hydrogen) atoms. The Balaban J connectivity index is 1.36. The van der Waals surface area contributed by atoms with Crippen LogP contribution < -0.4 is 9.47 Å². The highest BCUT2D eigenvalue weighted by molar-refractivity contribution is 5.93. The van der Waals surface area contributed by atoms with Crippen LogP contribution in [-0.2, 0) is 13.2 Å². The standard InChI is InChI=1S/C25H29N3O4/c1-18-7-4-5-10-23(18)31-17-22-19(2)32-26-24(22)25(29)28-13-11-27(12-14-28)16-20-8-6-9-21(15-20)30-3/h4-10,15H,11-14,16-17H2,1-3H3. The van der Waals surface area contributed by atoms with Gasteiger partial charge >= 0.3 is 0 Å². The van der Waals surface area contributed by atoms with Crippen LogP contribution in [0, 0.1) is 13.8 Å². The Morgan fingerprint density at radius 3 is 2.59 bits per heavy atom. The lowest BCUT2D eigenvalue weighted by atomic mass is 10.1. The first-order valence-corrected chi connectivity index (χ1v) is 10.8. The van der Waals surface area contributed by atoms with Crippen LogP contribution in [0.5, 0.6) is 11.5 Å². The lowest BCUT2D eigenvalue weighted by Crippen LogP contribution is -2.48. The summed E-state index contributed by atoms with van der Waals surface area (Å²) in [5, 5.41) is 4.06. The summed E-state index contributed by atoms with van der Waals surface area (Å²) in [5.41, 5.74) is 3.29. The number of para-hydroxylation sites is 1. The first kappa shape index (κ1) is 21.9. The van der Waals surface area contributed by atoms with Gasteiger partial charge in [0.2, 0.25) is 0 Å². The monoisotopic (exact) mass is 435 g/mol. The predicted octanol–water partition coefficient (Wildman–Crippen LogP) is 3.84. The zero-order valence-corrected chi connectivity index (χ0v) is 18.8. The van der Waals surface area contributed by atoms with Crippen molar-refractivity contribution in [2.24, 2.45) is 0 Å². The van der Waals surface area contributed by atoms with Crippen molar-refractivity contribution in [3.05, 3.63) is 76.7 Å². The van der Waals surface area contributed by atoms with E-state index < -0.39 is 0 Å². The Morgan fingerprint density at radius 1 is 1.06 bits per heavy atom. The van der Waals surface area contributed by atoms with Gasteiger partial charge in [-0.15, -0.1) is 0 Å². The number of carbonyl (C=O) groups excluding carboxylic acids is 1. The van der Waals surface area contributed by atoms with Gasteiger partial charge in [-0.05, 0) is 43.2 Å². The Morgan fingerprint density at radius 2 is 1.84 bits per heavy atom. The summed E-state index contributed by atoms with van der Waals surface area (Å²) in [4.78, 5) is 17.4. The first-order valence-electron chi connectivity index (χ1n) is 10.8. The average Bonchev–Trinajstić information content (AvgIpc) is 3.19. The molecule has 0 bridgehead atoms. The Labute approximate surface area is 188 Å². The summed E-state index contributed by atoms with van der Waals surface area (Å²) in [5.74, 6) is 2.15. The second-order valence-electron chi connectivity index (χ2n) is 8.04. The van der Waals surface area contributed by atoms with Crippen LogP contribution in [0.1, 0.15) is 32.9 Å². The zero-order valence-electron chi connectivity index (χ0n) is 18.8. The number of hydrogen-bond donors (Lipinski definition) is 0. The van der Waals surface area contributed by atoms with E-state index in [1.54, 1.807) is 7.11 Å². The smallest absolute Gasteiger partial charge is 0.276 e. The molecule has 0 saturated carbocycles. The van der Waals surface area contributed by atoms with Gasteiger partial charge in [0.05, 0.1) is 12.7 Å². The van der Waals surface area contributed by atoms with E-state index in [-0.39, 0.29) is 12.5 Å². The number of aryl methyl sites for hydroxylation is 2. The van der Waals surface area contributed by atoms with Crippen molar-refractivity contribution in [1.82, 2.24) is 15.0 Å². The maximum Gasteiger partial charge on any atom is 0.276 e. The number of benzene rings is 2. The maximum absolute atomic E-state index is 13.2. The highest BCUT2D eigenvalue weighted by atomic mass is 16.5. The number of piperazine rings is 1. The van der Waals surface area contributed by atoms with Gasteiger partial charge in [0.1, 0.15) is 23.9 Å². The molecule has 1 fully saturated rings. The molecule has 0 unspecified atom stereocenters. The minimum absolute atomic E-state index is 0.105. The molecule has 1 amide bonds. The molecule has 0 radical (unpaired) electrons. The van der Waals surface area contributed by atoms with Gasteiger partial charge in [-0.1, -0.05) is 35.5 Å². The van der Waals surface area contributed by atoms with Crippen molar-refractivity contribution in [2.75, 3.05) is 33.3 Å². The van der Waals surface area contributed by atoms with E-state index in [0.29, 0.717) is 30.1 Å². The molecule has 1 aromatic heterocycles. The summed E-state index contributed by atoms with van der Waals surface area (Å²) >= 11 is 0. The molecule has 2 aromatic carbocycles. The molecule has 7 heteroatoms. The summed E-state index contributed by atoms with van der Waals surface area (Å²) in [6.07, 6.45) is 0. The minimum Gasteiger partial charge on any atom is -0.497 e. The van der Waals surface area contributed by atoms with E-state index in [2.05, 4.69) is 22.2 Å². The number of aromatic nitrogens is 1. The molecular formula is C25H29N3O4. The second-order valence-corrected chi connectivity index (χ2v) is 8.04. The van der Waals surface area contributed by atoms with E-state index in [1.807, 2.05) is 55.1 Å². The van der Waals surface area contributed by atoms with Gasteiger partial charge in [0, 0.05) is 32.7 Å². The van der Waals surface area contributed by atoms with Gasteiger partial charge < -0.3 is 18.9 Å². The van der Waals surface area contributed by atoms with Crippen molar-refractivity contribution in [2.45, 2.75) is 27.0 Å². The number of amides is 1. The van der Waals surface area contributed by atoms with Crippen LogP contribution in [0.4, 0.5) is 0 Å². The Hall–Kier alpha value is -3.32. The third kappa shape index (κ3) is 4.94. The van der Waals surface area contributed by atoms with Gasteiger partial charge in [-0.25, -0.2) is 0 Å². The SMILES string of the molecule is COc1cccc(CN2CCN(C(=O)c3noc(C)c3COc3ccccc3C)CC2)c1. The molecular weight excluding hydrogens is 406 g/mol. The fourth-order valence-corrected chi connectivity index (χ4v) is 3.89. The molecule has 1 aliphatic heterocycles. The fourth-order valence-electron chi connectivity index (χ4n) is 3.89. The average molecular weight is 436 g/mol. The van der Waals surface area contributed by atoms with E-state index in [9.17, 15) is 4.79 Å². The van der Waals surface area contributed by atoms with E-state index in [0.717, 1.165) is 36.7 Å². The van der Waals surface area contributed by atoms with Crippen LogP contribution in [0.2, 0.25) is 0 Å². The summed E-state index contributed by atoms with van der Waals surface area (Å²) < 4.78 is 16.6. The van der Waals surface area contributed by atoms with Gasteiger partial charge in [-0.2, -0.15) is 0 Å². The number of methoxy groups -OCH3 is 1. The number of ether oxygens (including phenoxy) is 2. The molecule has 7 nitrogen and oxygen atoms in total.